The number of hydrogen-bond donors (Lipinski definition) is 1. The fourth-order valence-corrected chi connectivity index (χ4v) is 0.635. The minimum absolute atomic E-state index is 0.215. The van der Waals surface area contributed by atoms with Crippen LogP contribution in [-0.4, -0.2) is 16.8 Å². The fraction of sp³-hybridized carbons (Fsp3) is 0.333. The van der Waals surface area contributed by atoms with Gasteiger partial charge in [0.2, 0.25) is 0 Å². The van der Waals surface area contributed by atoms with Gasteiger partial charge < -0.3 is 14.4 Å². The van der Waals surface area contributed by atoms with Gasteiger partial charge in [-0.1, -0.05) is 0 Å². The summed E-state index contributed by atoms with van der Waals surface area (Å²) in [5.41, 5.74) is 0. The second-order valence-corrected chi connectivity index (χ2v) is 1.85. The molecule has 0 bridgehead atoms. The first-order valence-corrected chi connectivity index (χ1v) is 2.63. The van der Waals surface area contributed by atoms with Crippen molar-refractivity contribution in [1.29, 1.82) is 0 Å². The normalized spacial score (nSPS) is 9.56. The maximum Gasteiger partial charge on any atom is 0.194 e. The number of rotatable bonds is 1. The highest BCUT2D eigenvalue weighted by molar-refractivity contribution is 5.27. The van der Waals surface area contributed by atoms with Gasteiger partial charge in [0.1, 0.15) is 5.75 Å². The van der Waals surface area contributed by atoms with Crippen molar-refractivity contribution in [3.8, 4) is 11.6 Å². The third-order valence-electron chi connectivity index (χ3n) is 1.19. The van der Waals surface area contributed by atoms with Crippen molar-refractivity contribution in [1.82, 2.24) is 4.57 Å². The third-order valence-corrected chi connectivity index (χ3v) is 1.19. The van der Waals surface area contributed by atoms with Crippen LogP contribution in [0.25, 0.3) is 0 Å². The summed E-state index contributed by atoms with van der Waals surface area (Å²) < 4.78 is 6.42. The third kappa shape index (κ3) is 0.988. The zero-order chi connectivity index (χ0) is 6.85. The summed E-state index contributed by atoms with van der Waals surface area (Å²) in [6.45, 7) is 0. The lowest BCUT2D eigenvalue weighted by atomic mass is 10.6. The van der Waals surface area contributed by atoms with Gasteiger partial charge in [-0.05, 0) is 0 Å². The summed E-state index contributed by atoms with van der Waals surface area (Å²) in [4.78, 5) is 0. The molecule has 0 fully saturated rings. The van der Waals surface area contributed by atoms with Gasteiger partial charge in [0.15, 0.2) is 5.88 Å². The molecule has 1 N–H and O–H groups in total. The van der Waals surface area contributed by atoms with Crippen molar-refractivity contribution < 1.29 is 9.84 Å². The Hall–Kier alpha value is -1.12. The van der Waals surface area contributed by atoms with Crippen molar-refractivity contribution in [2.24, 2.45) is 7.05 Å². The first-order valence-electron chi connectivity index (χ1n) is 2.63. The predicted octanol–water partition coefficient (Wildman–Crippen LogP) is 0.739. The van der Waals surface area contributed by atoms with E-state index in [1.165, 1.54) is 0 Å². The van der Waals surface area contributed by atoms with Gasteiger partial charge in [-0.15, -0.1) is 0 Å². The number of nitrogens with zero attached hydrogens (tertiary/aromatic N) is 1. The lowest BCUT2D eigenvalue weighted by Crippen LogP contribution is -1.81. The summed E-state index contributed by atoms with van der Waals surface area (Å²) in [5, 5.41) is 8.95. The molecule has 0 aromatic carbocycles. The lowest BCUT2D eigenvalue weighted by Gasteiger charge is -1.89. The summed E-state index contributed by atoms with van der Waals surface area (Å²) in [6.07, 6.45) is 1.70. The van der Waals surface area contributed by atoms with Crippen LogP contribution >= 0.6 is 0 Å². The molecule has 0 atom stereocenters. The van der Waals surface area contributed by atoms with E-state index >= 15 is 0 Å². The first kappa shape index (κ1) is 6.01. The predicted molar refractivity (Wildman–Crippen MR) is 33.6 cm³/mol. The number of aromatic nitrogens is 1. The number of hydrogen-bond acceptors (Lipinski definition) is 2. The Morgan fingerprint density at radius 1 is 1.67 bits per heavy atom. The smallest absolute Gasteiger partial charge is 0.194 e. The van der Waals surface area contributed by atoms with Crippen LogP contribution in [-0.2, 0) is 7.05 Å². The summed E-state index contributed by atoms with van der Waals surface area (Å²) >= 11 is 0. The maximum atomic E-state index is 8.95. The van der Waals surface area contributed by atoms with E-state index in [0.29, 0.717) is 5.75 Å². The zero-order valence-corrected chi connectivity index (χ0v) is 5.46. The van der Waals surface area contributed by atoms with Crippen molar-refractivity contribution in [2.75, 3.05) is 7.11 Å². The highest BCUT2D eigenvalue weighted by atomic mass is 16.5. The number of methoxy groups -OCH3 is 1. The van der Waals surface area contributed by atoms with E-state index in [9.17, 15) is 0 Å². The largest absolute Gasteiger partial charge is 0.495 e. The Kier molecular flexibility index (Phi) is 1.34. The second kappa shape index (κ2) is 2.01. The molecule has 0 saturated heterocycles. The van der Waals surface area contributed by atoms with Crippen LogP contribution in [0.3, 0.4) is 0 Å². The quantitative estimate of drug-likeness (QED) is 0.603. The molecule has 0 aliphatic carbocycles. The standard InChI is InChI=1S/C6H9NO2/c1-7-4-5(9-2)3-6(7)8/h3-4,8H,1-2H3. The van der Waals surface area contributed by atoms with Gasteiger partial charge in [-0.2, -0.15) is 0 Å². The molecule has 0 saturated carbocycles. The topological polar surface area (TPSA) is 34.4 Å². The van der Waals surface area contributed by atoms with Crippen LogP contribution in [0, 0.1) is 0 Å². The van der Waals surface area contributed by atoms with Gasteiger partial charge in [-0.25, -0.2) is 0 Å². The Bertz CT molecular complexity index is 185. The molecule has 0 amide bonds. The highest BCUT2D eigenvalue weighted by Gasteiger charge is 1.97. The van der Waals surface area contributed by atoms with Gasteiger partial charge >= 0.3 is 0 Å². The SMILES string of the molecule is COc1cc(O)n(C)c1. The molecule has 1 heterocycles. The molecule has 1 aromatic rings. The van der Waals surface area contributed by atoms with Crippen LogP contribution in [0.2, 0.25) is 0 Å². The number of aromatic hydroxyl groups is 1. The Morgan fingerprint density at radius 3 is 2.56 bits per heavy atom. The van der Waals surface area contributed by atoms with E-state index in [-0.39, 0.29) is 5.88 Å². The molecule has 50 valence electrons. The second-order valence-electron chi connectivity index (χ2n) is 1.85. The zero-order valence-electron chi connectivity index (χ0n) is 5.46. The molecule has 1 rings (SSSR count). The van der Waals surface area contributed by atoms with E-state index in [4.69, 9.17) is 9.84 Å². The van der Waals surface area contributed by atoms with Crippen LogP contribution in [0.5, 0.6) is 11.6 Å². The Morgan fingerprint density at radius 2 is 2.33 bits per heavy atom. The molecule has 9 heavy (non-hydrogen) atoms. The van der Waals surface area contributed by atoms with Crippen LogP contribution in [0.4, 0.5) is 0 Å². The van der Waals surface area contributed by atoms with Crippen molar-refractivity contribution in [2.45, 2.75) is 0 Å². The number of aryl methyl sites for hydroxylation is 1. The first-order chi connectivity index (χ1) is 4.24. The summed E-state index contributed by atoms with van der Waals surface area (Å²) in [6, 6.07) is 1.56. The molecule has 0 spiro atoms. The Labute approximate surface area is 53.5 Å². The average Bonchev–Trinajstić information content (AvgIpc) is 2.13. The molecule has 0 radical (unpaired) electrons. The van der Waals surface area contributed by atoms with E-state index in [2.05, 4.69) is 0 Å². The molecule has 3 nitrogen and oxygen atoms in total. The summed E-state index contributed by atoms with van der Waals surface area (Å²) in [5.74, 6) is 0.891. The van der Waals surface area contributed by atoms with Gasteiger partial charge in [-0.3, -0.25) is 0 Å². The average molecular weight is 127 g/mol. The lowest BCUT2D eigenvalue weighted by molar-refractivity contribution is 0.413. The van der Waals surface area contributed by atoms with Gasteiger partial charge in [0.25, 0.3) is 0 Å². The molecule has 0 aliphatic rings. The minimum Gasteiger partial charge on any atom is -0.495 e. The monoisotopic (exact) mass is 127 g/mol. The van der Waals surface area contributed by atoms with Gasteiger partial charge in [0.05, 0.1) is 7.11 Å². The van der Waals surface area contributed by atoms with Gasteiger partial charge in [0, 0.05) is 19.3 Å². The van der Waals surface area contributed by atoms with E-state index in [1.807, 2.05) is 0 Å². The van der Waals surface area contributed by atoms with Crippen molar-refractivity contribution in [3.05, 3.63) is 12.3 Å². The molecule has 0 unspecified atom stereocenters. The fourth-order valence-electron chi connectivity index (χ4n) is 0.635. The highest BCUT2D eigenvalue weighted by Crippen LogP contribution is 2.18. The molecular weight excluding hydrogens is 118 g/mol. The van der Waals surface area contributed by atoms with Crippen LogP contribution in [0.15, 0.2) is 12.3 Å². The van der Waals surface area contributed by atoms with Crippen molar-refractivity contribution >= 4 is 0 Å². The molecule has 1 aromatic heterocycles. The Balaban J connectivity index is 2.98. The molecular formula is C6H9NO2. The van der Waals surface area contributed by atoms with Crippen LogP contribution < -0.4 is 4.74 Å². The maximum absolute atomic E-state index is 8.95. The molecule has 3 heteroatoms. The number of ether oxygens (including phenoxy) is 1. The van der Waals surface area contributed by atoms with Crippen molar-refractivity contribution in [3.63, 3.8) is 0 Å². The van der Waals surface area contributed by atoms with E-state index in [1.54, 1.807) is 31.0 Å². The molecule has 0 aliphatic heterocycles. The van der Waals surface area contributed by atoms with Crippen LogP contribution in [0.1, 0.15) is 0 Å². The minimum atomic E-state index is 0.215. The van der Waals surface area contributed by atoms with E-state index < -0.39 is 0 Å². The van der Waals surface area contributed by atoms with E-state index in [0.717, 1.165) is 0 Å². The summed E-state index contributed by atoms with van der Waals surface area (Å²) in [7, 11) is 3.31.